The second kappa shape index (κ2) is 7.36. The Morgan fingerprint density at radius 3 is 2.65 bits per heavy atom. The van der Waals surface area contributed by atoms with Crippen molar-refractivity contribution in [2.45, 2.75) is 33.2 Å². The maximum atomic E-state index is 12.8. The Labute approximate surface area is 157 Å². The van der Waals surface area contributed by atoms with Gasteiger partial charge in [-0.15, -0.1) is 11.3 Å². The van der Waals surface area contributed by atoms with Gasteiger partial charge < -0.3 is 14.9 Å². The van der Waals surface area contributed by atoms with Gasteiger partial charge in [0.25, 0.3) is 5.91 Å². The molecule has 1 N–H and O–H groups in total. The van der Waals surface area contributed by atoms with Gasteiger partial charge in [-0.3, -0.25) is 19.3 Å². The van der Waals surface area contributed by atoms with Crippen molar-refractivity contribution < 1.29 is 19.5 Å². The summed E-state index contributed by atoms with van der Waals surface area (Å²) < 4.78 is 0. The van der Waals surface area contributed by atoms with Gasteiger partial charge in [-0.1, -0.05) is 13.8 Å². The van der Waals surface area contributed by atoms with Gasteiger partial charge in [0.15, 0.2) is 0 Å². The van der Waals surface area contributed by atoms with Gasteiger partial charge in [-0.05, 0) is 17.9 Å². The van der Waals surface area contributed by atoms with Crippen LogP contribution < -0.4 is 4.90 Å². The first-order chi connectivity index (χ1) is 12.3. The smallest absolute Gasteiger partial charge is 0.257 e. The fourth-order valence-electron chi connectivity index (χ4n) is 3.48. The number of hydrogen-bond donors (Lipinski definition) is 1. The van der Waals surface area contributed by atoms with E-state index < -0.39 is 0 Å². The summed E-state index contributed by atoms with van der Waals surface area (Å²) in [5.74, 6) is 0.0751. The molecule has 142 valence electrons. The van der Waals surface area contributed by atoms with Gasteiger partial charge in [0, 0.05) is 31.4 Å². The molecule has 0 aromatic carbocycles. The number of anilines is 1. The highest BCUT2D eigenvalue weighted by Crippen LogP contribution is 2.41. The topological polar surface area (TPSA) is 81.2 Å². The van der Waals surface area contributed by atoms with Crippen molar-refractivity contribution in [3.8, 4) is 0 Å². The lowest BCUT2D eigenvalue weighted by molar-refractivity contribution is -0.132. The van der Waals surface area contributed by atoms with Crippen molar-refractivity contribution in [2.24, 2.45) is 5.92 Å². The molecule has 2 aliphatic rings. The summed E-state index contributed by atoms with van der Waals surface area (Å²) in [5.41, 5.74) is 1.52. The maximum Gasteiger partial charge on any atom is 0.257 e. The van der Waals surface area contributed by atoms with Crippen LogP contribution in [0, 0.1) is 5.92 Å². The fraction of sp³-hybridized carbons (Fsp3) is 0.611. The second-order valence-electron chi connectivity index (χ2n) is 7.28. The van der Waals surface area contributed by atoms with E-state index in [-0.39, 0.29) is 37.4 Å². The van der Waals surface area contributed by atoms with Crippen LogP contribution in [0.25, 0.3) is 0 Å². The number of β-amino-alcohol motifs (C(OH)–C–C–N with tert-alkyl or cyclic N) is 1. The number of thiophene rings is 1. The molecule has 0 saturated carbocycles. The third kappa shape index (κ3) is 3.35. The quantitative estimate of drug-likeness (QED) is 0.849. The van der Waals surface area contributed by atoms with Crippen molar-refractivity contribution >= 4 is 34.1 Å². The summed E-state index contributed by atoms with van der Waals surface area (Å²) in [4.78, 5) is 43.5. The highest BCUT2D eigenvalue weighted by molar-refractivity contribution is 7.17. The number of carbonyl (C=O) groups is 3. The molecule has 3 amide bonds. The molecule has 26 heavy (non-hydrogen) atoms. The monoisotopic (exact) mass is 379 g/mol. The average molecular weight is 379 g/mol. The Morgan fingerprint density at radius 1 is 1.27 bits per heavy atom. The molecule has 0 radical (unpaired) electrons. The Bertz CT molecular complexity index is 743. The highest BCUT2D eigenvalue weighted by atomic mass is 32.1. The Morgan fingerprint density at radius 2 is 2.00 bits per heavy atom. The molecule has 0 fully saturated rings. The van der Waals surface area contributed by atoms with Gasteiger partial charge in [0.1, 0.15) is 11.5 Å². The molecule has 2 aliphatic heterocycles. The van der Waals surface area contributed by atoms with Crippen molar-refractivity contribution in [2.75, 3.05) is 38.2 Å². The Kier molecular flexibility index (Phi) is 5.34. The minimum atomic E-state index is -0.194. The first-order valence-corrected chi connectivity index (χ1v) is 9.74. The van der Waals surface area contributed by atoms with Crippen LogP contribution in [0.1, 0.15) is 41.1 Å². The van der Waals surface area contributed by atoms with Crippen LogP contribution in [0.3, 0.4) is 0 Å². The van der Waals surface area contributed by atoms with E-state index in [4.69, 9.17) is 0 Å². The zero-order valence-corrected chi connectivity index (χ0v) is 16.3. The molecule has 0 aliphatic carbocycles. The van der Waals surface area contributed by atoms with E-state index in [9.17, 15) is 19.5 Å². The number of nitrogens with zero attached hydrogens (tertiary/aromatic N) is 3. The molecule has 3 heterocycles. The van der Waals surface area contributed by atoms with Gasteiger partial charge in [0.2, 0.25) is 11.8 Å². The summed E-state index contributed by atoms with van der Waals surface area (Å²) in [7, 11) is 1.62. The average Bonchev–Trinajstić information content (AvgIpc) is 2.92. The zero-order chi connectivity index (χ0) is 19.0. The van der Waals surface area contributed by atoms with Gasteiger partial charge in [-0.2, -0.15) is 0 Å². The lowest BCUT2D eigenvalue weighted by Gasteiger charge is -2.28. The molecular weight excluding hydrogens is 354 g/mol. The van der Waals surface area contributed by atoms with Gasteiger partial charge in [-0.25, -0.2) is 0 Å². The molecule has 8 heteroatoms. The molecule has 3 rings (SSSR count). The summed E-state index contributed by atoms with van der Waals surface area (Å²) in [5, 5.41) is 9.96. The van der Waals surface area contributed by atoms with E-state index in [0.29, 0.717) is 42.4 Å². The summed E-state index contributed by atoms with van der Waals surface area (Å²) in [6.07, 6.45) is 1.13. The van der Waals surface area contributed by atoms with Crippen molar-refractivity contribution in [3.63, 3.8) is 0 Å². The number of likely N-dealkylation sites (N-methyl/N-ethyl adjacent to an activating group) is 1. The molecule has 0 unspecified atom stereocenters. The van der Waals surface area contributed by atoms with Crippen LogP contribution in [0.15, 0.2) is 0 Å². The van der Waals surface area contributed by atoms with Crippen LogP contribution in [0.4, 0.5) is 5.00 Å². The standard InChI is InChI=1S/C18H25N3O4S/c1-11(2)8-14(23)20-5-4-12-13(9-20)26-18-16(12)17(25)19(3)10-15(24)21(18)6-7-22/h11,22H,4-10H2,1-3H3. The third-order valence-electron chi connectivity index (χ3n) is 4.78. The van der Waals surface area contributed by atoms with E-state index in [2.05, 4.69) is 0 Å². The minimum Gasteiger partial charge on any atom is -0.395 e. The maximum absolute atomic E-state index is 12.8. The van der Waals surface area contributed by atoms with Crippen LogP contribution >= 0.6 is 11.3 Å². The fourth-order valence-corrected chi connectivity index (χ4v) is 4.88. The van der Waals surface area contributed by atoms with Crippen LogP contribution in [0.2, 0.25) is 0 Å². The Hall–Kier alpha value is -1.93. The number of rotatable bonds is 4. The first kappa shape index (κ1) is 18.8. The Balaban J connectivity index is 1.97. The number of aliphatic hydroxyl groups excluding tert-OH is 1. The highest BCUT2D eigenvalue weighted by Gasteiger charge is 2.37. The van der Waals surface area contributed by atoms with Crippen molar-refractivity contribution in [3.05, 3.63) is 16.0 Å². The number of hydrogen-bond acceptors (Lipinski definition) is 5. The van der Waals surface area contributed by atoms with Crippen LogP contribution in [-0.4, -0.2) is 65.9 Å². The van der Waals surface area contributed by atoms with Crippen LogP contribution in [-0.2, 0) is 22.6 Å². The lowest BCUT2D eigenvalue weighted by Crippen LogP contribution is -2.39. The molecule has 0 bridgehead atoms. The molecule has 0 atom stereocenters. The number of fused-ring (bicyclic) bond motifs is 3. The zero-order valence-electron chi connectivity index (χ0n) is 15.4. The SMILES string of the molecule is CC(C)CC(=O)N1CCc2c(sc3c2C(=O)N(C)CC(=O)N3CCO)C1. The van der Waals surface area contributed by atoms with E-state index in [1.54, 1.807) is 7.05 Å². The van der Waals surface area contributed by atoms with Gasteiger partial charge >= 0.3 is 0 Å². The van der Waals surface area contributed by atoms with Crippen molar-refractivity contribution in [1.82, 2.24) is 9.80 Å². The summed E-state index contributed by atoms with van der Waals surface area (Å²) in [6, 6.07) is 0. The van der Waals surface area contributed by atoms with Crippen LogP contribution in [0.5, 0.6) is 0 Å². The minimum absolute atomic E-state index is 0.00794. The first-order valence-electron chi connectivity index (χ1n) is 8.92. The molecule has 1 aromatic heterocycles. The molecule has 1 aromatic rings. The second-order valence-corrected chi connectivity index (χ2v) is 8.36. The van der Waals surface area contributed by atoms with E-state index in [1.165, 1.54) is 21.1 Å². The number of amides is 3. The van der Waals surface area contributed by atoms with E-state index >= 15 is 0 Å². The summed E-state index contributed by atoms with van der Waals surface area (Å²) in [6.45, 7) is 5.13. The molecular formula is C18H25N3O4S. The van der Waals surface area contributed by atoms with E-state index in [1.807, 2.05) is 18.7 Å². The predicted molar refractivity (Wildman–Crippen MR) is 99.3 cm³/mol. The molecule has 7 nitrogen and oxygen atoms in total. The third-order valence-corrected chi connectivity index (χ3v) is 6.02. The van der Waals surface area contributed by atoms with E-state index in [0.717, 1.165) is 10.4 Å². The number of carbonyl (C=O) groups excluding carboxylic acids is 3. The summed E-state index contributed by atoms with van der Waals surface area (Å²) >= 11 is 1.40. The normalized spacial score (nSPS) is 17.5. The van der Waals surface area contributed by atoms with Gasteiger partial charge in [0.05, 0.1) is 18.7 Å². The van der Waals surface area contributed by atoms with Crippen molar-refractivity contribution in [1.29, 1.82) is 0 Å². The molecule has 0 spiro atoms. The number of aliphatic hydroxyl groups is 1. The molecule has 0 saturated heterocycles. The lowest BCUT2D eigenvalue weighted by atomic mass is 10.0. The predicted octanol–water partition coefficient (Wildman–Crippen LogP) is 1.09. The largest absolute Gasteiger partial charge is 0.395 e.